The van der Waals surface area contributed by atoms with Crippen LogP contribution in [0, 0.1) is 24.3 Å². The van der Waals surface area contributed by atoms with Gasteiger partial charge in [-0.1, -0.05) is 113 Å². The van der Waals surface area contributed by atoms with Crippen molar-refractivity contribution in [2.75, 3.05) is 0 Å². The van der Waals surface area contributed by atoms with Crippen LogP contribution < -0.4 is 9.47 Å². The minimum absolute atomic E-state index is 0. The topological polar surface area (TPSA) is 79.9 Å². The van der Waals surface area contributed by atoms with Crippen molar-refractivity contribution in [3.05, 3.63) is 218 Å². The van der Waals surface area contributed by atoms with Crippen LogP contribution in [0.2, 0.25) is 0 Å². The number of aromatic nitrogens is 6. The van der Waals surface area contributed by atoms with Crippen molar-refractivity contribution < 1.29 is 50.3 Å². The fourth-order valence-electron chi connectivity index (χ4n) is 9.36. The first-order valence-electron chi connectivity index (χ1n) is 24.1. The van der Waals surface area contributed by atoms with E-state index in [-0.39, 0.29) is 51.7 Å². The summed E-state index contributed by atoms with van der Waals surface area (Å²) in [7, 11) is 0. The molecule has 12 aromatic rings. The van der Waals surface area contributed by atoms with Crippen LogP contribution in [0.3, 0.4) is 0 Å². The second-order valence-electron chi connectivity index (χ2n) is 20.1. The second kappa shape index (κ2) is 20.0. The summed E-state index contributed by atoms with van der Waals surface area (Å²) in [6, 6.07) is 67.4. The zero-order valence-electron chi connectivity index (χ0n) is 41.5. The second-order valence-corrected chi connectivity index (χ2v) is 20.1. The maximum atomic E-state index is 6.44. The van der Waals surface area contributed by atoms with E-state index in [4.69, 9.17) is 19.4 Å². The quantitative estimate of drug-likeness (QED) is 0.106. The number of pyridine rings is 2. The molecule has 0 radical (unpaired) electrons. The molecular formula is C64H48N6O2Pd2. The molecule has 0 atom stereocenters. The van der Waals surface area contributed by atoms with Gasteiger partial charge in [0, 0.05) is 69.8 Å². The van der Waals surface area contributed by atoms with Gasteiger partial charge in [0.1, 0.15) is 0 Å². The predicted octanol–water partition coefficient (Wildman–Crippen LogP) is 15.8. The summed E-state index contributed by atoms with van der Waals surface area (Å²) >= 11 is 0. The molecule has 5 heterocycles. The van der Waals surface area contributed by atoms with Crippen molar-refractivity contribution in [2.45, 2.75) is 52.4 Å². The third-order valence-corrected chi connectivity index (χ3v) is 13.2. The largest absolute Gasteiger partial charge is 2.00 e. The predicted molar refractivity (Wildman–Crippen MR) is 288 cm³/mol. The van der Waals surface area contributed by atoms with Crippen LogP contribution in [0.1, 0.15) is 52.7 Å². The van der Waals surface area contributed by atoms with Gasteiger partial charge >= 0.3 is 40.8 Å². The van der Waals surface area contributed by atoms with Crippen molar-refractivity contribution in [3.63, 3.8) is 0 Å². The molecule has 0 amide bonds. The van der Waals surface area contributed by atoms with E-state index >= 15 is 0 Å². The van der Waals surface area contributed by atoms with Gasteiger partial charge in [0.2, 0.25) is 5.95 Å². The molecule has 0 aliphatic carbocycles. The molecule has 0 spiro atoms. The molecule has 7 aromatic carbocycles. The van der Waals surface area contributed by atoms with Crippen LogP contribution in [-0.2, 0) is 51.7 Å². The van der Waals surface area contributed by atoms with Crippen molar-refractivity contribution in [2.24, 2.45) is 0 Å². The maximum Gasteiger partial charge on any atom is 2.00 e. The first-order valence-corrected chi connectivity index (χ1v) is 24.1. The number of nitrogens with zero attached hydrogens (tertiary/aromatic N) is 6. The standard InChI is InChI=1S/C64H48N6O2.2Pd/c1-63(2,3)45-21-29-58-54(35-45)55-36-46(64(4,5)6)22-30-59(55)69(58)47-23-19-41(20-24-47)44-39-67-62(68-40-44)70-60-37-50(71-48-15-11-13-42(33-48)56-17-7-9-31-65-56)25-27-52(60)53-28-26-51(38-61(53)70)72-49-16-12-14-43(34-49)57-18-8-10-32-66-57;;/h7-32,35-36,39-40H,1-6H3;;/q-4;2*+2. The molecule has 0 aliphatic heterocycles. The summed E-state index contributed by atoms with van der Waals surface area (Å²) in [5.41, 5.74) is 12.7. The van der Waals surface area contributed by atoms with Gasteiger partial charge in [-0.3, -0.25) is 0 Å². The van der Waals surface area contributed by atoms with Crippen LogP contribution in [0.25, 0.3) is 88.9 Å². The average molecular weight is 1150 g/mol. The molecule has 0 N–H and O–H groups in total. The van der Waals surface area contributed by atoms with Crippen LogP contribution in [0.4, 0.5) is 0 Å². The molecule has 0 unspecified atom stereocenters. The zero-order chi connectivity index (χ0) is 49.1. The summed E-state index contributed by atoms with van der Waals surface area (Å²) in [6.07, 6.45) is 7.27. The van der Waals surface area contributed by atoms with Gasteiger partial charge in [-0.2, -0.15) is 22.9 Å². The Morgan fingerprint density at radius 1 is 0.405 bits per heavy atom. The minimum Gasteiger partial charge on any atom is -0.503 e. The summed E-state index contributed by atoms with van der Waals surface area (Å²) in [6.45, 7) is 13.6. The van der Waals surface area contributed by atoms with E-state index in [0.717, 1.165) is 50.1 Å². The average Bonchev–Trinajstić information content (AvgIpc) is 3.90. The molecular weight excluding hydrogens is 1100 g/mol. The molecule has 0 bridgehead atoms. The van der Waals surface area contributed by atoms with E-state index < -0.39 is 0 Å². The molecule has 366 valence electrons. The Morgan fingerprint density at radius 3 is 1.32 bits per heavy atom. The fraction of sp³-hybridized carbons (Fsp3) is 0.125. The first-order chi connectivity index (χ1) is 34.9. The third kappa shape index (κ3) is 9.59. The maximum absolute atomic E-state index is 6.44. The van der Waals surface area contributed by atoms with E-state index in [1.807, 2.05) is 114 Å². The zero-order valence-corrected chi connectivity index (χ0v) is 44.6. The molecule has 12 rings (SSSR count). The Hall–Kier alpha value is -7.56. The van der Waals surface area contributed by atoms with E-state index in [2.05, 4.69) is 141 Å². The van der Waals surface area contributed by atoms with Gasteiger partial charge in [-0.05, 0) is 87.4 Å². The van der Waals surface area contributed by atoms with Gasteiger partial charge in [0.15, 0.2) is 0 Å². The fourth-order valence-corrected chi connectivity index (χ4v) is 9.36. The summed E-state index contributed by atoms with van der Waals surface area (Å²) < 4.78 is 17.2. The summed E-state index contributed by atoms with van der Waals surface area (Å²) in [5.74, 6) is 2.53. The SMILES string of the molecule is CC(C)(C)c1ccc2c(c1)c1cc(C(C)(C)C)ccc1n2-c1ccc(-c2cnc(-n3c4[c-]c(Oc5[c-]c(-c6ccccn6)ccc5)ccc4c4ccc(Oc5[c-]c(-c6ccccn6)ccc5)[c-]c43)nc2)cc1.[Pd+2].[Pd+2]. The Bertz CT molecular complexity index is 3780. The van der Waals surface area contributed by atoms with Gasteiger partial charge in [-0.15, -0.1) is 71.8 Å². The van der Waals surface area contributed by atoms with E-state index in [1.54, 1.807) is 12.4 Å². The summed E-state index contributed by atoms with van der Waals surface area (Å²) in [4.78, 5) is 19.1. The van der Waals surface area contributed by atoms with Crippen LogP contribution in [0.15, 0.2) is 183 Å². The number of fused-ring (bicyclic) bond motifs is 6. The molecule has 0 aliphatic rings. The number of ether oxygens (including phenoxy) is 2. The van der Waals surface area contributed by atoms with Gasteiger partial charge < -0.3 is 28.6 Å². The van der Waals surface area contributed by atoms with Crippen LogP contribution >= 0.6 is 0 Å². The normalized spacial score (nSPS) is 11.7. The molecule has 0 fully saturated rings. The van der Waals surface area contributed by atoms with Crippen molar-refractivity contribution >= 4 is 43.6 Å². The Morgan fingerprint density at radius 2 is 0.878 bits per heavy atom. The van der Waals surface area contributed by atoms with Crippen LogP contribution in [-0.4, -0.2) is 29.1 Å². The number of hydrogen-bond acceptors (Lipinski definition) is 6. The van der Waals surface area contributed by atoms with Gasteiger partial charge in [0.05, 0.1) is 11.0 Å². The number of rotatable bonds is 9. The van der Waals surface area contributed by atoms with Crippen LogP contribution in [0.5, 0.6) is 23.0 Å². The van der Waals surface area contributed by atoms with E-state index in [1.165, 1.54) is 32.9 Å². The first kappa shape index (κ1) is 50.0. The van der Waals surface area contributed by atoms with Crippen molar-refractivity contribution in [3.8, 4) is 68.3 Å². The molecule has 8 nitrogen and oxygen atoms in total. The summed E-state index contributed by atoms with van der Waals surface area (Å²) in [5, 5.41) is 4.37. The molecule has 0 saturated carbocycles. The Kier molecular flexibility index (Phi) is 13.5. The third-order valence-electron chi connectivity index (χ3n) is 13.2. The Labute approximate surface area is 458 Å². The van der Waals surface area contributed by atoms with Crippen molar-refractivity contribution in [1.29, 1.82) is 0 Å². The van der Waals surface area contributed by atoms with Gasteiger partial charge in [-0.25, -0.2) is 9.97 Å². The Balaban J connectivity index is 0.00000313. The van der Waals surface area contributed by atoms with Crippen molar-refractivity contribution in [1.82, 2.24) is 29.1 Å². The number of hydrogen-bond donors (Lipinski definition) is 0. The number of benzene rings is 7. The van der Waals surface area contributed by atoms with E-state index in [0.29, 0.717) is 40.0 Å². The van der Waals surface area contributed by atoms with Gasteiger partial charge in [0.25, 0.3) is 0 Å². The molecule has 0 saturated heterocycles. The van der Waals surface area contributed by atoms with E-state index in [9.17, 15) is 0 Å². The smallest absolute Gasteiger partial charge is 0.503 e. The molecule has 74 heavy (non-hydrogen) atoms. The minimum atomic E-state index is 0. The monoisotopic (exact) mass is 1140 g/mol. The molecule has 10 heteroatoms. The molecule has 5 aromatic heterocycles.